The number of piperazine rings is 1. The molecule has 37 heavy (non-hydrogen) atoms. The lowest BCUT2D eigenvalue weighted by molar-refractivity contribution is -0.151. The maximum absolute atomic E-state index is 13.8. The number of aliphatic imine (C=N–C) groups is 1. The Kier molecular flexibility index (Phi) is 6.60. The van der Waals surface area contributed by atoms with Gasteiger partial charge in [-0.05, 0) is 12.1 Å². The van der Waals surface area contributed by atoms with Crippen LogP contribution in [-0.4, -0.2) is 89.1 Å². The van der Waals surface area contributed by atoms with Crippen LogP contribution in [0.15, 0.2) is 46.0 Å². The minimum atomic E-state index is -1.43. The number of hydrogen-bond donors (Lipinski definition) is 3. The van der Waals surface area contributed by atoms with Crippen LogP contribution < -0.4 is 10.6 Å². The van der Waals surface area contributed by atoms with Gasteiger partial charge in [-0.25, -0.2) is 23.8 Å². The first-order valence-electron chi connectivity index (χ1n) is 11.3. The van der Waals surface area contributed by atoms with Crippen molar-refractivity contribution in [3.8, 4) is 0 Å². The molecule has 3 aliphatic rings. The summed E-state index contributed by atoms with van der Waals surface area (Å²) in [7, 11) is 1.24. The number of amidine groups is 1. The number of methoxy groups -OCH3 is 1. The number of benzene rings is 1. The summed E-state index contributed by atoms with van der Waals surface area (Å²) in [6.45, 7) is 0.689. The van der Waals surface area contributed by atoms with Crippen molar-refractivity contribution in [1.82, 2.24) is 25.4 Å². The SMILES string of the molecule is COC(=O)C1=C(CN2CCN3C(=O)NC[C@@]3(C(=O)O)C2)NC(c2nccs2)=N[C@H]1c1ccc(F)cc1Cl. The third-order valence-corrected chi connectivity index (χ3v) is 7.73. The lowest BCUT2D eigenvalue weighted by Gasteiger charge is -2.43. The van der Waals surface area contributed by atoms with Crippen molar-refractivity contribution in [1.29, 1.82) is 0 Å². The van der Waals surface area contributed by atoms with Crippen molar-refractivity contribution in [3.63, 3.8) is 0 Å². The van der Waals surface area contributed by atoms with Crippen LogP contribution in [0, 0.1) is 5.82 Å². The summed E-state index contributed by atoms with van der Waals surface area (Å²) in [5, 5.41) is 18.2. The number of esters is 1. The number of carboxylic acids is 1. The summed E-state index contributed by atoms with van der Waals surface area (Å²) in [5.74, 6) is -1.94. The molecular formula is C23H22ClFN6O5S. The number of ether oxygens (including phenoxy) is 1. The fourth-order valence-corrected chi connectivity index (χ4v) is 5.70. The summed E-state index contributed by atoms with van der Waals surface area (Å²) in [4.78, 5) is 49.7. The number of aliphatic carboxylic acids is 1. The number of carbonyl (C=O) groups excluding carboxylic acids is 2. The van der Waals surface area contributed by atoms with Gasteiger partial charge in [0, 0.05) is 54.0 Å². The van der Waals surface area contributed by atoms with Gasteiger partial charge in [0.05, 0.1) is 19.2 Å². The van der Waals surface area contributed by atoms with Crippen LogP contribution in [-0.2, 0) is 14.3 Å². The highest BCUT2D eigenvalue weighted by molar-refractivity contribution is 7.11. The molecule has 0 unspecified atom stereocenters. The zero-order valence-electron chi connectivity index (χ0n) is 19.5. The van der Waals surface area contributed by atoms with E-state index in [2.05, 4.69) is 15.6 Å². The Labute approximate surface area is 219 Å². The second kappa shape index (κ2) is 9.72. The summed E-state index contributed by atoms with van der Waals surface area (Å²) >= 11 is 7.71. The smallest absolute Gasteiger partial charge is 0.338 e. The Morgan fingerprint density at radius 2 is 2.19 bits per heavy atom. The number of thiazole rings is 1. The van der Waals surface area contributed by atoms with E-state index in [-0.39, 0.29) is 36.8 Å². The lowest BCUT2D eigenvalue weighted by Crippen LogP contribution is -2.65. The first kappa shape index (κ1) is 25.1. The van der Waals surface area contributed by atoms with E-state index >= 15 is 0 Å². The van der Waals surface area contributed by atoms with Gasteiger partial charge in [0.2, 0.25) is 0 Å². The van der Waals surface area contributed by atoms with E-state index in [1.165, 1.54) is 35.5 Å². The maximum atomic E-state index is 13.8. The van der Waals surface area contributed by atoms with Crippen molar-refractivity contribution in [2.75, 3.05) is 39.8 Å². The molecule has 4 heterocycles. The zero-order chi connectivity index (χ0) is 26.3. The number of aromatic nitrogens is 1. The van der Waals surface area contributed by atoms with Crippen molar-refractivity contribution >= 4 is 46.7 Å². The van der Waals surface area contributed by atoms with E-state index < -0.39 is 35.4 Å². The number of nitrogens with one attached hydrogen (secondary N) is 2. The minimum absolute atomic E-state index is 0.0341. The summed E-state index contributed by atoms with van der Waals surface area (Å²) in [6.07, 6.45) is 1.61. The minimum Gasteiger partial charge on any atom is -0.479 e. The van der Waals surface area contributed by atoms with Crippen molar-refractivity contribution in [3.05, 3.63) is 62.5 Å². The van der Waals surface area contributed by atoms with E-state index in [1.807, 2.05) is 4.90 Å². The fourth-order valence-electron chi connectivity index (χ4n) is 4.84. The number of nitrogens with zero attached hydrogens (tertiary/aromatic N) is 4. The molecule has 2 atom stereocenters. The molecule has 2 amide bonds. The summed E-state index contributed by atoms with van der Waals surface area (Å²) < 4.78 is 18.9. The molecule has 3 aliphatic heterocycles. The number of hydrogen-bond acceptors (Lipinski definition) is 9. The highest BCUT2D eigenvalue weighted by Gasteiger charge is 2.54. The molecule has 0 aliphatic carbocycles. The number of rotatable bonds is 6. The lowest BCUT2D eigenvalue weighted by atomic mass is 9.93. The van der Waals surface area contributed by atoms with Gasteiger partial charge in [0.15, 0.2) is 16.4 Å². The monoisotopic (exact) mass is 548 g/mol. The predicted octanol–water partition coefficient (Wildman–Crippen LogP) is 1.62. The molecule has 3 N–H and O–H groups in total. The second-order valence-electron chi connectivity index (χ2n) is 8.75. The van der Waals surface area contributed by atoms with Gasteiger partial charge in [-0.3, -0.25) is 9.89 Å². The number of fused-ring (bicyclic) bond motifs is 1. The standard InChI is InChI=1S/C23H22ClFN6O5S/c1-36-20(32)16-15(9-30-5-6-31-22(35)27-10-23(31,11-30)21(33)34)28-18(19-26-4-7-37-19)29-17(16)13-3-2-12(25)8-14(13)24/h2-4,7-8,17H,5-6,9-11H2,1H3,(H,27,35)(H,28,29)(H,33,34)/t17-,23-/m0/s1. The fraction of sp³-hybridized carbons (Fsp3) is 0.348. The molecule has 0 bridgehead atoms. The normalized spacial score (nSPS) is 23.8. The molecule has 5 rings (SSSR count). The third kappa shape index (κ3) is 4.43. The molecule has 0 spiro atoms. The summed E-state index contributed by atoms with van der Waals surface area (Å²) in [6, 6.07) is 2.49. The van der Waals surface area contributed by atoms with Gasteiger partial charge in [-0.2, -0.15) is 0 Å². The Morgan fingerprint density at radius 1 is 1.38 bits per heavy atom. The first-order chi connectivity index (χ1) is 17.7. The molecule has 1 aromatic heterocycles. The molecule has 0 radical (unpaired) electrons. The highest BCUT2D eigenvalue weighted by atomic mass is 35.5. The Hall–Kier alpha value is -3.55. The number of amides is 2. The quantitative estimate of drug-likeness (QED) is 0.463. The molecule has 2 aromatic rings. The number of carboxylic acid groups (broad SMARTS) is 1. The Bertz CT molecular complexity index is 1330. The average Bonchev–Trinajstić information content (AvgIpc) is 3.52. The molecule has 194 valence electrons. The van der Waals surface area contributed by atoms with Crippen molar-refractivity contribution < 1.29 is 28.6 Å². The van der Waals surface area contributed by atoms with Gasteiger partial charge in [0.25, 0.3) is 0 Å². The molecule has 14 heteroatoms. The Balaban J connectivity index is 1.56. The van der Waals surface area contributed by atoms with E-state index in [1.54, 1.807) is 11.6 Å². The van der Waals surface area contributed by atoms with E-state index in [9.17, 15) is 23.9 Å². The number of urea groups is 1. The zero-order valence-corrected chi connectivity index (χ0v) is 21.1. The van der Waals surface area contributed by atoms with Crippen LogP contribution in [0.25, 0.3) is 0 Å². The summed E-state index contributed by atoms with van der Waals surface area (Å²) in [5.41, 5.74) is -0.455. The molecule has 2 saturated heterocycles. The van der Waals surface area contributed by atoms with Crippen LogP contribution in [0.1, 0.15) is 16.6 Å². The van der Waals surface area contributed by atoms with Gasteiger partial charge in [0.1, 0.15) is 11.9 Å². The van der Waals surface area contributed by atoms with Crippen molar-refractivity contribution in [2.45, 2.75) is 11.6 Å². The van der Waals surface area contributed by atoms with Gasteiger partial charge in [-0.1, -0.05) is 17.7 Å². The average molecular weight is 549 g/mol. The Morgan fingerprint density at radius 3 is 2.86 bits per heavy atom. The van der Waals surface area contributed by atoms with Crippen LogP contribution in [0.4, 0.5) is 9.18 Å². The van der Waals surface area contributed by atoms with Gasteiger partial charge >= 0.3 is 18.0 Å². The highest BCUT2D eigenvalue weighted by Crippen LogP contribution is 2.37. The largest absolute Gasteiger partial charge is 0.479 e. The molecule has 2 fully saturated rings. The molecular weight excluding hydrogens is 527 g/mol. The van der Waals surface area contributed by atoms with Crippen LogP contribution >= 0.6 is 22.9 Å². The number of carbonyl (C=O) groups is 3. The van der Waals surface area contributed by atoms with Crippen LogP contribution in [0.2, 0.25) is 5.02 Å². The van der Waals surface area contributed by atoms with Gasteiger partial charge < -0.3 is 25.4 Å². The van der Waals surface area contributed by atoms with E-state index in [0.717, 1.165) is 6.07 Å². The van der Waals surface area contributed by atoms with Crippen LogP contribution in [0.3, 0.4) is 0 Å². The van der Waals surface area contributed by atoms with Crippen molar-refractivity contribution in [2.24, 2.45) is 4.99 Å². The molecule has 1 aromatic carbocycles. The van der Waals surface area contributed by atoms with Gasteiger partial charge in [-0.15, -0.1) is 11.3 Å². The van der Waals surface area contributed by atoms with Crippen LogP contribution in [0.5, 0.6) is 0 Å². The molecule has 11 nitrogen and oxygen atoms in total. The third-order valence-electron chi connectivity index (χ3n) is 6.62. The second-order valence-corrected chi connectivity index (χ2v) is 10.1. The number of halogens is 2. The maximum Gasteiger partial charge on any atom is 0.338 e. The molecule has 0 saturated carbocycles. The van der Waals surface area contributed by atoms with E-state index in [4.69, 9.17) is 21.3 Å². The first-order valence-corrected chi connectivity index (χ1v) is 12.5. The van der Waals surface area contributed by atoms with E-state index in [0.29, 0.717) is 28.6 Å². The topological polar surface area (TPSA) is 136 Å². The predicted molar refractivity (Wildman–Crippen MR) is 132 cm³/mol.